The molecule has 0 aromatic heterocycles. The van der Waals surface area contributed by atoms with Crippen LogP contribution < -0.4 is 0 Å². The van der Waals surface area contributed by atoms with E-state index >= 15 is 0 Å². The fourth-order valence-electron chi connectivity index (χ4n) is 0.748. The van der Waals surface area contributed by atoms with Gasteiger partial charge in [0.25, 0.3) is 0 Å². The third kappa shape index (κ3) is 1.57. The lowest BCUT2D eigenvalue weighted by Gasteiger charge is -1.98. The molecule has 0 aliphatic rings. The molecule has 1 aromatic rings. The van der Waals surface area contributed by atoms with Gasteiger partial charge < -0.3 is 0 Å². The summed E-state index contributed by atoms with van der Waals surface area (Å²) in [5, 5.41) is 0.0394. The van der Waals surface area contributed by atoms with Gasteiger partial charge in [0.2, 0.25) is 0 Å². The summed E-state index contributed by atoms with van der Waals surface area (Å²) in [4.78, 5) is 0. The molecule has 0 nitrogen and oxygen atoms in total. The van der Waals surface area contributed by atoms with Crippen molar-refractivity contribution in [2.75, 3.05) is 0 Å². The average molecular weight is 175 g/mol. The van der Waals surface area contributed by atoms with E-state index < -0.39 is 11.6 Å². The Balaban J connectivity index is 3.36. The predicted octanol–water partition coefficient (Wildman–Crippen LogP) is 3.26. The van der Waals surface area contributed by atoms with Crippen molar-refractivity contribution in [3.63, 3.8) is 0 Å². The maximum absolute atomic E-state index is 12.7. The standard InChI is InChI=1S/C8H5ClF2/c1-2-6-7(9)3-5(10)4-8(6)11/h2-4H,1H2. The molecule has 0 heterocycles. The molecule has 0 spiro atoms. The van der Waals surface area contributed by atoms with Gasteiger partial charge in [0.1, 0.15) is 11.6 Å². The summed E-state index contributed by atoms with van der Waals surface area (Å²) >= 11 is 5.48. The van der Waals surface area contributed by atoms with Gasteiger partial charge in [-0.05, 0) is 6.07 Å². The monoisotopic (exact) mass is 174 g/mol. The van der Waals surface area contributed by atoms with Crippen LogP contribution in [0, 0.1) is 11.6 Å². The molecule has 58 valence electrons. The third-order valence-corrected chi connectivity index (χ3v) is 1.56. The minimum atomic E-state index is -0.690. The van der Waals surface area contributed by atoms with Gasteiger partial charge in [-0.25, -0.2) is 8.78 Å². The molecule has 0 aliphatic carbocycles. The second kappa shape index (κ2) is 3.01. The quantitative estimate of drug-likeness (QED) is 0.613. The van der Waals surface area contributed by atoms with Crippen LogP contribution in [0.2, 0.25) is 5.02 Å². The Kier molecular flexibility index (Phi) is 2.25. The van der Waals surface area contributed by atoms with Crippen LogP contribution in [-0.2, 0) is 0 Å². The number of rotatable bonds is 1. The molecule has 0 atom stereocenters. The SMILES string of the molecule is C=Cc1c(F)cc(F)cc1Cl. The van der Waals surface area contributed by atoms with E-state index in [1.165, 1.54) is 6.08 Å². The van der Waals surface area contributed by atoms with Crippen LogP contribution in [0.1, 0.15) is 5.56 Å². The predicted molar refractivity (Wildman–Crippen MR) is 41.5 cm³/mol. The highest BCUT2D eigenvalue weighted by Crippen LogP contribution is 2.21. The molecule has 0 amide bonds. The maximum atomic E-state index is 12.7. The van der Waals surface area contributed by atoms with Gasteiger partial charge in [0.15, 0.2) is 0 Å². The molecule has 0 unspecified atom stereocenters. The van der Waals surface area contributed by atoms with Crippen molar-refractivity contribution < 1.29 is 8.78 Å². The minimum absolute atomic E-state index is 0.0394. The molecule has 1 aromatic carbocycles. The van der Waals surface area contributed by atoms with Crippen molar-refractivity contribution in [1.29, 1.82) is 0 Å². The van der Waals surface area contributed by atoms with Crippen molar-refractivity contribution in [3.8, 4) is 0 Å². The van der Waals surface area contributed by atoms with E-state index in [2.05, 4.69) is 6.58 Å². The van der Waals surface area contributed by atoms with E-state index in [4.69, 9.17) is 11.6 Å². The van der Waals surface area contributed by atoms with Crippen LogP contribution in [0.3, 0.4) is 0 Å². The molecule has 1 rings (SSSR count). The summed E-state index contributed by atoms with van der Waals surface area (Å²) in [5.41, 5.74) is 0.132. The first-order valence-corrected chi connectivity index (χ1v) is 3.30. The summed E-state index contributed by atoms with van der Waals surface area (Å²) in [7, 11) is 0. The van der Waals surface area contributed by atoms with Crippen LogP contribution in [0.4, 0.5) is 8.78 Å². The van der Waals surface area contributed by atoms with E-state index in [-0.39, 0.29) is 10.6 Å². The van der Waals surface area contributed by atoms with Gasteiger partial charge in [0.05, 0.1) is 5.02 Å². The van der Waals surface area contributed by atoms with Crippen molar-refractivity contribution >= 4 is 17.7 Å². The largest absolute Gasteiger partial charge is 0.207 e. The minimum Gasteiger partial charge on any atom is -0.207 e. The zero-order valence-electron chi connectivity index (χ0n) is 5.57. The Morgan fingerprint density at radius 1 is 1.36 bits per heavy atom. The second-order valence-corrected chi connectivity index (χ2v) is 2.39. The van der Waals surface area contributed by atoms with Crippen LogP contribution in [0.25, 0.3) is 6.08 Å². The normalized spacial score (nSPS) is 9.73. The Labute approximate surface area is 68.1 Å². The van der Waals surface area contributed by atoms with Crippen LogP contribution >= 0.6 is 11.6 Å². The summed E-state index contributed by atoms with van der Waals surface area (Å²) in [6, 6.07) is 1.81. The van der Waals surface area contributed by atoms with Crippen LogP contribution in [-0.4, -0.2) is 0 Å². The molecule has 0 bridgehead atoms. The lowest BCUT2D eigenvalue weighted by Crippen LogP contribution is -1.85. The molecule has 0 saturated carbocycles. The number of benzene rings is 1. The zero-order valence-corrected chi connectivity index (χ0v) is 6.33. The highest BCUT2D eigenvalue weighted by atomic mass is 35.5. The first kappa shape index (κ1) is 8.21. The average Bonchev–Trinajstić information content (AvgIpc) is 1.85. The zero-order chi connectivity index (χ0) is 8.43. The summed E-state index contributed by atoms with van der Waals surface area (Å²) in [6.45, 7) is 3.34. The second-order valence-electron chi connectivity index (χ2n) is 1.99. The van der Waals surface area contributed by atoms with Crippen LogP contribution in [0.5, 0.6) is 0 Å². The van der Waals surface area contributed by atoms with E-state index in [1.54, 1.807) is 0 Å². The lowest BCUT2D eigenvalue weighted by atomic mass is 10.2. The lowest BCUT2D eigenvalue weighted by molar-refractivity contribution is 0.582. The van der Waals surface area contributed by atoms with E-state index in [9.17, 15) is 8.78 Å². The van der Waals surface area contributed by atoms with Crippen molar-refractivity contribution in [2.24, 2.45) is 0 Å². The molecular formula is C8H5ClF2. The highest BCUT2D eigenvalue weighted by Gasteiger charge is 2.05. The van der Waals surface area contributed by atoms with Gasteiger partial charge in [-0.3, -0.25) is 0 Å². The molecule has 0 fully saturated rings. The Morgan fingerprint density at radius 3 is 2.45 bits per heavy atom. The first-order valence-electron chi connectivity index (χ1n) is 2.92. The van der Waals surface area contributed by atoms with Gasteiger partial charge >= 0.3 is 0 Å². The fraction of sp³-hybridized carbons (Fsp3) is 0. The summed E-state index contributed by atoms with van der Waals surface area (Å²) in [5.74, 6) is -1.37. The molecule has 0 radical (unpaired) electrons. The van der Waals surface area contributed by atoms with E-state index in [1.807, 2.05) is 0 Å². The Morgan fingerprint density at radius 2 is 2.00 bits per heavy atom. The molecule has 11 heavy (non-hydrogen) atoms. The first-order chi connectivity index (χ1) is 5.15. The van der Waals surface area contributed by atoms with E-state index in [0.717, 1.165) is 12.1 Å². The Bertz CT molecular complexity index is 271. The summed E-state index contributed by atoms with van der Waals surface area (Å²) < 4.78 is 25.1. The molecule has 0 saturated heterocycles. The van der Waals surface area contributed by atoms with Crippen molar-refractivity contribution in [1.82, 2.24) is 0 Å². The maximum Gasteiger partial charge on any atom is 0.134 e. The van der Waals surface area contributed by atoms with Gasteiger partial charge in [-0.1, -0.05) is 24.3 Å². The smallest absolute Gasteiger partial charge is 0.134 e. The fourth-order valence-corrected chi connectivity index (χ4v) is 1.02. The van der Waals surface area contributed by atoms with Crippen LogP contribution in [0.15, 0.2) is 18.7 Å². The highest BCUT2D eigenvalue weighted by molar-refractivity contribution is 6.32. The number of hydrogen-bond acceptors (Lipinski definition) is 0. The summed E-state index contributed by atoms with van der Waals surface area (Å²) in [6.07, 6.45) is 1.25. The molecule has 3 heteroatoms. The van der Waals surface area contributed by atoms with Gasteiger partial charge in [-0.2, -0.15) is 0 Å². The molecular weight excluding hydrogens is 170 g/mol. The van der Waals surface area contributed by atoms with Crippen molar-refractivity contribution in [2.45, 2.75) is 0 Å². The third-order valence-electron chi connectivity index (χ3n) is 1.25. The Hall–Kier alpha value is -0.890. The number of halogens is 3. The van der Waals surface area contributed by atoms with Gasteiger partial charge in [0, 0.05) is 11.6 Å². The number of hydrogen-bond donors (Lipinski definition) is 0. The van der Waals surface area contributed by atoms with Crippen molar-refractivity contribution in [3.05, 3.63) is 40.9 Å². The van der Waals surface area contributed by atoms with E-state index in [0.29, 0.717) is 0 Å². The molecule has 0 N–H and O–H groups in total. The topological polar surface area (TPSA) is 0 Å². The van der Waals surface area contributed by atoms with Gasteiger partial charge in [-0.15, -0.1) is 0 Å². The molecule has 0 aliphatic heterocycles.